The number of carboxylic acid groups (broad SMARTS) is 1. The number of ether oxygens (including phenoxy) is 1. The minimum absolute atomic E-state index is 0.0412. The first-order chi connectivity index (χ1) is 24.1. The Morgan fingerprint density at radius 1 is 1.31 bits per heavy atom. The summed E-state index contributed by atoms with van der Waals surface area (Å²) >= 11 is 7.01. The molecule has 0 aliphatic carbocycles. The van der Waals surface area contributed by atoms with Gasteiger partial charge in [-0.25, -0.2) is 9.38 Å². The highest BCUT2D eigenvalue weighted by Gasteiger charge is 2.31. The highest BCUT2D eigenvalue weighted by atomic mass is 35.5. The number of nitrogens with zero attached hydrogens (tertiary/aromatic N) is 7. The van der Waals surface area contributed by atoms with Gasteiger partial charge in [-0.1, -0.05) is 19.8 Å². The lowest BCUT2D eigenvalue weighted by Gasteiger charge is -2.28. The standard InChI is InChI=1S/C18H17FN4O2S.C9H16ClN5.C5H12NO4P/c1-4-5-22-13-7-12(11(19)6-14(13)25-9-16(22)24)20-17-23-10-18(2,3)8-15(23)21-26-17;1-5-11-7-12-6(10)13-8(14-7)15-9(2,3)4;1-11(9,10)3-2-4(6)5(7)8/h1,6-7H,5,8-10H2,2-3H3;5H2,1-4H3,(H2,11,12,13,14,15);4H,2-3,6H2,1H3,(H,7,8)(H,9,10)/b20-17-;;. The summed E-state index contributed by atoms with van der Waals surface area (Å²) in [5.41, 5.74) is 5.67. The Hall–Kier alpha value is -4.14. The van der Waals surface area contributed by atoms with Gasteiger partial charge in [-0.2, -0.15) is 19.3 Å². The lowest BCUT2D eigenvalue weighted by atomic mass is 9.92. The topological polar surface area (TPSA) is 223 Å². The third kappa shape index (κ3) is 12.8. The van der Waals surface area contributed by atoms with Crippen LogP contribution in [0.15, 0.2) is 17.1 Å². The van der Waals surface area contributed by atoms with Crippen molar-refractivity contribution in [3.63, 3.8) is 0 Å². The van der Waals surface area contributed by atoms with Gasteiger partial charge in [0.1, 0.15) is 23.3 Å². The number of fused-ring (bicyclic) bond motifs is 2. The maximum absolute atomic E-state index is 14.5. The number of hydrogen-bond donors (Lipinski definition) is 5. The zero-order valence-electron chi connectivity index (χ0n) is 30.1. The Kier molecular flexibility index (Phi) is 14.3. The van der Waals surface area contributed by atoms with Crippen LogP contribution in [-0.4, -0.2) is 89.9 Å². The van der Waals surface area contributed by atoms with E-state index in [1.54, 1.807) is 0 Å². The average molecular weight is 783 g/mol. The molecule has 284 valence electrons. The molecule has 0 fully saturated rings. The number of terminal acetylenes is 1. The molecule has 2 aliphatic heterocycles. The van der Waals surface area contributed by atoms with E-state index in [0.717, 1.165) is 25.3 Å². The number of hydrogen-bond acceptors (Lipinski definition) is 13. The van der Waals surface area contributed by atoms with E-state index in [1.807, 2.05) is 32.3 Å². The molecule has 3 aromatic rings. The van der Waals surface area contributed by atoms with Gasteiger partial charge in [0.15, 0.2) is 19.8 Å². The van der Waals surface area contributed by atoms with E-state index in [0.29, 0.717) is 28.1 Å². The van der Waals surface area contributed by atoms with Crippen LogP contribution in [0.3, 0.4) is 0 Å². The van der Waals surface area contributed by atoms with Crippen molar-refractivity contribution in [1.82, 2.24) is 23.9 Å². The van der Waals surface area contributed by atoms with Crippen LogP contribution in [0.2, 0.25) is 5.28 Å². The van der Waals surface area contributed by atoms with Crippen LogP contribution < -0.4 is 30.8 Å². The van der Waals surface area contributed by atoms with Crippen molar-refractivity contribution in [1.29, 1.82) is 0 Å². The molecule has 2 aliphatic rings. The lowest BCUT2D eigenvalue weighted by molar-refractivity contribution is -0.138. The average Bonchev–Trinajstić information content (AvgIpc) is 3.52. The van der Waals surface area contributed by atoms with E-state index in [-0.39, 0.29) is 53.6 Å². The third-order valence-electron chi connectivity index (χ3n) is 7.04. The Morgan fingerprint density at radius 3 is 2.58 bits per heavy atom. The summed E-state index contributed by atoms with van der Waals surface area (Å²) in [6.07, 6.45) is 6.22. The van der Waals surface area contributed by atoms with Crippen LogP contribution in [0.4, 0.5) is 27.7 Å². The molecule has 1 aromatic carbocycles. The van der Waals surface area contributed by atoms with E-state index in [9.17, 15) is 18.5 Å². The fraction of sp³-hybridized carbons (Fsp3) is 0.531. The molecule has 2 atom stereocenters. The van der Waals surface area contributed by atoms with Crippen molar-refractivity contribution in [2.24, 2.45) is 16.1 Å². The SMILES string of the molecule is C#CCN1C(=O)COc2cc(F)c(/N=c3\snc4n3CC(C)(C)C4)cc21.CCNc1nc(Cl)nc(NC(C)(C)C)n1.CP(=O)(O)CCC(N)C(=O)O. The molecule has 5 rings (SSSR count). The highest BCUT2D eigenvalue weighted by molar-refractivity contribution is 7.57. The van der Waals surface area contributed by atoms with Gasteiger partial charge in [0, 0.05) is 55.5 Å². The predicted molar refractivity (Wildman–Crippen MR) is 199 cm³/mol. The number of rotatable bonds is 9. The van der Waals surface area contributed by atoms with Crippen molar-refractivity contribution < 1.29 is 33.3 Å². The first-order valence-corrected chi connectivity index (χ1v) is 19.6. The second-order valence-electron chi connectivity index (χ2n) is 13.8. The number of halogens is 2. The van der Waals surface area contributed by atoms with Gasteiger partial charge in [0.2, 0.25) is 22.0 Å². The number of aromatic nitrogens is 5. The molecular formula is C32H45ClFN10O6PS. The van der Waals surface area contributed by atoms with E-state index in [4.69, 9.17) is 38.5 Å². The molecule has 2 aromatic heterocycles. The summed E-state index contributed by atoms with van der Waals surface area (Å²) in [6, 6.07) is 1.72. The smallest absolute Gasteiger partial charge is 0.320 e. The molecule has 2 unspecified atom stereocenters. The van der Waals surface area contributed by atoms with Gasteiger partial charge in [-0.15, -0.1) is 6.42 Å². The van der Waals surface area contributed by atoms with E-state index in [1.165, 1.54) is 35.2 Å². The van der Waals surface area contributed by atoms with Gasteiger partial charge in [0.25, 0.3) is 5.91 Å². The Labute approximate surface area is 310 Å². The van der Waals surface area contributed by atoms with E-state index >= 15 is 0 Å². The zero-order chi connectivity index (χ0) is 39.0. The van der Waals surface area contributed by atoms with E-state index < -0.39 is 25.2 Å². The number of nitrogens with two attached hydrogens (primary N) is 1. The maximum atomic E-state index is 14.5. The summed E-state index contributed by atoms with van der Waals surface area (Å²) in [5.74, 6) is 2.76. The number of carboxylic acids is 1. The molecular weight excluding hydrogens is 738 g/mol. The number of amides is 1. The van der Waals surface area contributed by atoms with Crippen LogP contribution in [0.1, 0.15) is 53.8 Å². The maximum Gasteiger partial charge on any atom is 0.320 e. The summed E-state index contributed by atoms with van der Waals surface area (Å²) < 4.78 is 37.0. The van der Waals surface area contributed by atoms with Crippen LogP contribution in [-0.2, 0) is 27.1 Å². The minimum Gasteiger partial charge on any atom is -0.481 e. The quantitative estimate of drug-likeness (QED) is 0.153. The molecule has 20 heteroatoms. The van der Waals surface area contributed by atoms with Crippen molar-refractivity contribution in [3.8, 4) is 18.1 Å². The number of nitrogens with one attached hydrogen (secondary N) is 2. The van der Waals surface area contributed by atoms with Crippen LogP contribution >= 0.6 is 30.5 Å². The van der Waals surface area contributed by atoms with Crippen LogP contribution in [0.25, 0.3) is 0 Å². The second kappa shape index (κ2) is 17.6. The Balaban J connectivity index is 0.000000238. The molecule has 4 heterocycles. The molecule has 0 saturated heterocycles. The predicted octanol–water partition coefficient (Wildman–Crippen LogP) is 4.11. The molecule has 52 heavy (non-hydrogen) atoms. The van der Waals surface area contributed by atoms with Crippen LogP contribution in [0, 0.1) is 23.6 Å². The molecule has 1 amide bonds. The summed E-state index contributed by atoms with van der Waals surface area (Å²) in [5, 5.41) is 14.6. The molecule has 0 radical (unpaired) electrons. The summed E-state index contributed by atoms with van der Waals surface area (Å²) in [4.78, 5) is 49.6. The summed E-state index contributed by atoms with van der Waals surface area (Å²) in [6.45, 7) is 15.0. The third-order valence-corrected chi connectivity index (χ3v) is 9.07. The first kappa shape index (κ1) is 42.3. The zero-order valence-corrected chi connectivity index (χ0v) is 32.6. The first-order valence-electron chi connectivity index (χ1n) is 16.1. The normalized spacial score (nSPS) is 16.4. The molecule has 0 spiro atoms. The Bertz CT molecular complexity index is 1920. The fourth-order valence-corrected chi connectivity index (χ4v) is 6.40. The van der Waals surface area contributed by atoms with Crippen LogP contribution in [0.5, 0.6) is 5.75 Å². The number of carbonyl (C=O) groups excluding carboxylic acids is 1. The largest absolute Gasteiger partial charge is 0.481 e. The number of carbonyl (C=O) groups is 2. The van der Waals surface area contributed by atoms with Crippen molar-refractivity contribution in [2.75, 3.05) is 48.1 Å². The van der Waals surface area contributed by atoms with Gasteiger partial charge < -0.3 is 35.7 Å². The van der Waals surface area contributed by atoms with Crippen molar-refractivity contribution >= 4 is 65.7 Å². The number of anilines is 3. The lowest BCUT2D eigenvalue weighted by Crippen LogP contribution is -2.39. The van der Waals surface area contributed by atoms with Crippen molar-refractivity contribution in [3.05, 3.63) is 33.9 Å². The van der Waals surface area contributed by atoms with Crippen molar-refractivity contribution in [2.45, 2.75) is 72.5 Å². The molecule has 16 nitrogen and oxygen atoms in total. The molecule has 0 saturated carbocycles. The van der Waals surface area contributed by atoms with Gasteiger partial charge in [-0.3, -0.25) is 19.1 Å². The Morgan fingerprint density at radius 2 is 1.98 bits per heavy atom. The van der Waals surface area contributed by atoms with Gasteiger partial charge in [0.05, 0.1) is 12.2 Å². The van der Waals surface area contributed by atoms with Gasteiger partial charge in [-0.05, 0) is 57.2 Å². The number of aliphatic carboxylic acids is 1. The monoisotopic (exact) mass is 782 g/mol. The minimum atomic E-state index is -3.10. The second-order valence-corrected chi connectivity index (χ2v) is 17.4. The highest BCUT2D eigenvalue weighted by Crippen LogP contribution is 2.38. The molecule has 0 bridgehead atoms. The summed E-state index contributed by atoms with van der Waals surface area (Å²) in [7, 11) is -3.10. The fourth-order valence-electron chi connectivity index (χ4n) is 4.73. The molecule has 6 N–H and O–H groups in total. The number of benzene rings is 1. The van der Waals surface area contributed by atoms with Gasteiger partial charge >= 0.3 is 5.97 Å². The van der Waals surface area contributed by atoms with E-state index in [2.05, 4.69) is 54.7 Å².